The smallest absolute Gasteiger partial charge is 0.189 e. The van der Waals surface area contributed by atoms with E-state index >= 15 is 0 Å². The highest BCUT2D eigenvalue weighted by atomic mass is 32.1. The predicted octanol–water partition coefficient (Wildman–Crippen LogP) is 3.62. The van der Waals surface area contributed by atoms with Crippen LogP contribution in [0.1, 0.15) is 0 Å². The molecule has 0 amide bonds. The van der Waals surface area contributed by atoms with Gasteiger partial charge in [0, 0.05) is 5.69 Å². The molecule has 1 aromatic heterocycles. The Morgan fingerprint density at radius 1 is 1.06 bits per heavy atom. The number of nitrogens with zero attached hydrogens (tertiary/aromatic N) is 1. The number of hydrogen-bond acceptors (Lipinski definition) is 4. The number of anilines is 3. The highest BCUT2D eigenvalue weighted by Crippen LogP contribution is 2.26. The van der Waals surface area contributed by atoms with E-state index in [4.69, 9.17) is 5.73 Å². The summed E-state index contributed by atoms with van der Waals surface area (Å²) in [4.78, 5) is 4.17. The monoisotopic (exact) mass is 241 g/mol. The molecule has 0 aliphatic rings. The molecule has 0 aliphatic carbocycles. The number of benzene rings is 2. The van der Waals surface area contributed by atoms with Crippen LogP contribution in [0.4, 0.5) is 15.8 Å². The van der Waals surface area contributed by atoms with Crippen molar-refractivity contribution in [1.82, 2.24) is 4.98 Å². The summed E-state index contributed by atoms with van der Waals surface area (Å²) in [5, 5.41) is 7.22. The summed E-state index contributed by atoms with van der Waals surface area (Å²) in [5.41, 5.74) is 6.66. The van der Waals surface area contributed by atoms with Crippen molar-refractivity contribution in [2.24, 2.45) is 0 Å². The van der Waals surface area contributed by atoms with E-state index in [1.54, 1.807) is 6.20 Å². The fraction of sp³-hybridized carbons (Fsp3) is 0. The minimum Gasteiger partial charge on any atom is -0.389 e. The summed E-state index contributed by atoms with van der Waals surface area (Å²) in [5.74, 6) is 0. The summed E-state index contributed by atoms with van der Waals surface area (Å²) in [6.45, 7) is 0. The zero-order chi connectivity index (χ0) is 11.7. The van der Waals surface area contributed by atoms with Gasteiger partial charge in [0.1, 0.15) is 5.00 Å². The van der Waals surface area contributed by atoms with Crippen molar-refractivity contribution in [2.45, 2.75) is 0 Å². The number of hydrogen-bond donors (Lipinski definition) is 2. The minimum atomic E-state index is 0.716. The quantitative estimate of drug-likeness (QED) is 0.720. The van der Waals surface area contributed by atoms with E-state index in [0.717, 1.165) is 10.8 Å². The molecular formula is C13H11N3S. The second-order valence-electron chi connectivity index (χ2n) is 3.75. The molecule has 0 radical (unpaired) electrons. The first-order valence-corrected chi connectivity index (χ1v) is 6.10. The summed E-state index contributed by atoms with van der Waals surface area (Å²) >= 11 is 1.44. The molecule has 3 nitrogen and oxygen atoms in total. The minimum absolute atomic E-state index is 0.716. The molecule has 2 aromatic carbocycles. The first-order chi connectivity index (χ1) is 8.31. The largest absolute Gasteiger partial charge is 0.389 e. The van der Waals surface area contributed by atoms with Crippen molar-refractivity contribution in [3.05, 3.63) is 48.7 Å². The molecule has 1 heterocycles. The van der Waals surface area contributed by atoms with Gasteiger partial charge < -0.3 is 11.1 Å². The van der Waals surface area contributed by atoms with Gasteiger partial charge in [0.05, 0.1) is 6.20 Å². The first kappa shape index (κ1) is 10.1. The fourth-order valence-electron chi connectivity index (χ4n) is 1.73. The van der Waals surface area contributed by atoms with Crippen LogP contribution in [0.25, 0.3) is 10.8 Å². The number of nitrogens with two attached hydrogens (primary N) is 1. The van der Waals surface area contributed by atoms with E-state index in [9.17, 15) is 0 Å². The maximum Gasteiger partial charge on any atom is 0.189 e. The van der Waals surface area contributed by atoms with Crippen LogP contribution in [0.2, 0.25) is 0 Å². The van der Waals surface area contributed by atoms with Gasteiger partial charge in [-0.3, -0.25) is 0 Å². The molecule has 0 saturated carbocycles. The third kappa shape index (κ3) is 2.07. The van der Waals surface area contributed by atoms with Crippen molar-refractivity contribution in [2.75, 3.05) is 11.1 Å². The molecule has 0 spiro atoms. The Hall–Kier alpha value is -2.07. The zero-order valence-corrected chi connectivity index (χ0v) is 9.87. The van der Waals surface area contributed by atoms with Crippen molar-refractivity contribution < 1.29 is 0 Å². The predicted molar refractivity (Wildman–Crippen MR) is 73.8 cm³/mol. The first-order valence-electron chi connectivity index (χ1n) is 5.28. The molecule has 3 aromatic rings. The highest BCUT2D eigenvalue weighted by Gasteiger charge is 2.00. The molecular weight excluding hydrogens is 230 g/mol. The number of fused-ring (bicyclic) bond motifs is 1. The van der Waals surface area contributed by atoms with Crippen LogP contribution in [-0.4, -0.2) is 4.98 Å². The summed E-state index contributed by atoms with van der Waals surface area (Å²) in [6.07, 6.45) is 1.66. The molecule has 17 heavy (non-hydrogen) atoms. The van der Waals surface area contributed by atoms with Gasteiger partial charge >= 0.3 is 0 Å². The Morgan fingerprint density at radius 2 is 1.88 bits per heavy atom. The molecule has 0 aliphatic heterocycles. The Balaban J connectivity index is 1.95. The van der Waals surface area contributed by atoms with E-state index < -0.39 is 0 Å². The molecule has 0 bridgehead atoms. The average molecular weight is 241 g/mol. The number of rotatable bonds is 2. The van der Waals surface area contributed by atoms with E-state index in [1.807, 2.05) is 18.2 Å². The maximum absolute atomic E-state index is 5.64. The third-order valence-corrected chi connectivity index (χ3v) is 3.27. The molecule has 3 N–H and O–H groups in total. The Kier molecular flexibility index (Phi) is 2.42. The fourth-order valence-corrected chi connectivity index (χ4v) is 2.34. The lowest BCUT2D eigenvalue weighted by Gasteiger charge is -2.04. The molecule has 0 saturated heterocycles. The van der Waals surface area contributed by atoms with Crippen molar-refractivity contribution in [3.8, 4) is 0 Å². The van der Waals surface area contributed by atoms with Gasteiger partial charge in [-0.2, -0.15) is 0 Å². The van der Waals surface area contributed by atoms with Crippen LogP contribution in [0, 0.1) is 0 Å². The summed E-state index contributed by atoms with van der Waals surface area (Å²) in [7, 11) is 0. The second kappa shape index (κ2) is 4.07. The van der Waals surface area contributed by atoms with Gasteiger partial charge in [-0.15, -0.1) is 0 Å². The summed E-state index contributed by atoms with van der Waals surface area (Å²) in [6, 6.07) is 14.5. The van der Waals surface area contributed by atoms with Gasteiger partial charge in [-0.1, -0.05) is 41.7 Å². The number of thiazole rings is 1. The average Bonchev–Trinajstić information content (AvgIpc) is 2.75. The van der Waals surface area contributed by atoms with Crippen LogP contribution < -0.4 is 11.1 Å². The number of aromatic nitrogens is 1. The second-order valence-corrected chi connectivity index (χ2v) is 4.82. The lowest BCUT2D eigenvalue weighted by Crippen LogP contribution is -1.88. The molecule has 0 fully saturated rings. The normalized spacial score (nSPS) is 10.6. The van der Waals surface area contributed by atoms with Crippen LogP contribution in [0.15, 0.2) is 48.7 Å². The topological polar surface area (TPSA) is 50.9 Å². The van der Waals surface area contributed by atoms with Gasteiger partial charge in [0.15, 0.2) is 5.13 Å². The van der Waals surface area contributed by atoms with E-state index in [0.29, 0.717) is 5.00 Å². The molecule has 3 rings (SSSR count). The van der Waals surface area contributed by atoms with Crippen LogP contribution in [0.5, 0.6) is 0 Å². The van der Waals surface area contributed by atoms with E-state index in [1.165, 1.54) is 22.1 Å². The Labute approximate surface area is 103 Å². The van der Waals surface area contributed by atoms with Gasteiger partial charge in [0.2, 0.25) is 0 Å². The molecule has 4 heteroatoms. The van der Waals surface area contributed by atoms with Gasteiger partial charge in [-0.25, -0.2) is 4.98 Å². The van der Waals surface area contributed by atoms with Gasteiger partial charge in [0.25, 0.3) is 0 Å². The highest BCUT2D eigenvalue weighted by molar-refractivity contribution is 7.19. The van der Waals surface area contributed by atoms with Crippen LogP contribution >= 0.6 is 11.3 Å². The van der Waals surface area contributed by atoms with Crippen molar-refractivity contribution in [1.29, 1.82) is 0 Å². The standard InChI is InChI=1S/C13H11N3S/c14-12-8-15-13(17-12)16-11-6-5-9-3-1-2-4-10(9)7-11/h1-8H,14H2,(H,15,16). The van der Waals surface area contributed by atoms with Crippen LogP contribution in [-0.2, 0) is 0 Å². The van der Waals surface area contributed by atoms with Crippen molar-refractivity contribution in [3.63, 3.8) is 0 Å². The lowest BCUT2D eigenvalue weighted by molar-refractivity contribution is 1.39. The van der Waals surface area contributed by atoms with Gasteiger partial charge in [-0.05, 0) is 22.9 Å². The Bertz CT molecular complexity index is 660. The van der Waals surface area contributed by atoms with E-state index in [-0.39, 0.29) is 0 Å². The SMILES string of the molecule is Nc1cnc(Nc2ccc3ccccc3c2)s1. The molecule has 0 unspecified atom stereocenters. The lowest BCUT2D eigenvalue weighted by atomic mass is 10.1. The Morgan fingerprint density at radius 3 is 2.65 bits per heavy atom. The third-order valence-electron chi connectivity index (χ3n) is 2.52. The molecule has 0 atom stereocenters. The zero-order valence-electron chi connectivity index (χ0n) is 9.05. The number of nitrogen functional groups attached to an aromatic ring is 1. The number of nitrogens with one attached hydrogen (secondary N) is 1. The van der Waals surface area contributed by atoms with Crippen molar-refractivity contribution >= 4 is 37.9 Å². The maximum atomic E-state index is 5.64. The van der Waals surface area contributed by atoms with E-state index in [2.05, 4.69) is 34.6 Å². The van der Waals surface area contributed by atoms with Crippen LogP contribution in [0.3, 0.4) is 0 Å². The summed E-state index contributed by atoms with van der Waals surface area (Å²) < 4.78 is 0. The molecule has 84 valence electrons.